The predicted molar refractivity (Wildman–Crippen MR) is 88.9 cm³/mol. The quantitative estimate of drug-likeness (QED) is 0.749. The lowest BCUT2D eigenvalue weighted by molar-refractivity contribution is 0.0691. The zero-order valence-electron chi connectivity index (χ0n) is 12.7. The zero-order valence-corrected chi connectivity index (χ0v) is 13.5. The number of aromatic carboxylic acids is 1. The number of nitrogens with zero attached hydrogens (tertiary/aromatic N) is 1. The number of benzene rings is 2. The highest BCUT2D eigenvalue weighted by molar-refractivity contribution is 6.35. The number of hydrogen-bond acceptors (Lipinski definition) is 1. The summed E-state index contributed by atoms with van der Waals surface area (Å²) in [4.78, 5) is 11.1. The van der Waals surface area contributed by atoms with E-state index in [9.17, 15) is 9.18 Å². The molecule has 0 aliphatic heterocycles. The molecule has 0 aliphatic rings. The van der Waals surface area contributed by atoms with Gasteiger partial charge < -0.3 is 9.67 Å². The molecule has 3 nitrogen and oxygen atoms in total. The Balaban J connectivity index is 2.17. The lowest BCUT2D eigenvalue weighted by atomic mass is 10.1. The van der Waals surface area contributed by atoms with E-state index in [0.29, 0.717) is 10.6 Å². The van der Waals surface area contributed by atoms with Crippen LogP contribution in [0.2, 0.25) is 5.02 Å². The minimum Gasteiger partial charge on any atom is -0.478 e. The molecule has 2 aromatic carbocycles. The number of halogens is 2. The highest BCUT2D eigenvalue weighted by Gasteiger charge is 2.17. The molecule has 0 spiro atoms. The maximum atomic E-state index is 14.4. The average Bonchev–Trinajstić information content (AvgIpc) is 2.75. The lowest BCUT2D eigenvalue weighted by Crippen LogP contribution is -2.08. The van der Waals surface area contributed by atoms with Gasteiger partial charge in [0.2, 0.25) is 0 Å². The van der Waals surface area contributed by atoms with Gasteiger partial charge in [-0.05, 0) is 37.6 Å². The second kappa shape index (κ2) is 5.70. The highest BCUT2D eigenvalue weighted by Crippen LogP contribution is 2.32. The molecule has 0 radical (unpaired) electrons. The smallest absolute Gasteiger partial charge is 0.338 e. The molecular weight excluding hydrogens is 317 g/mol. The molecule has 0 bridgehead atoms. The maximum Gasteiger partial charge on any atom is 0.338 e. The van der Waals surface area contributed by atoms with Crippen molar-refractivity contribution < 1.29 is 14.3 Å². The first-order chi connectivity index (χ1) is 10.9. The first kappa shape index (κ1) is 15.6. The van der Waals surface area contributed by atoms with E-state index < -0.39 is 11.8 Å². The Labute approximate surface area is 137 Å². The van der Waals surface area contributed by atoms with Crippen molar-refractivity contribution in [3.8, 4) is 0 Å². The van der Waals surface area contributed by atoms with Gasteiger partial charge in [-0.25, -0.2) is 9.18 Å². The van der Waals surface area contributed by atoms with Gasteiger partial charge in [-0.15, -0.1) is 0 Å². The molecule has 3 aromatic rings. The van der Waals surface area contributed by atoms with E-state index in [2.05, 4.69) is 0 Å². The lowest BCUT2D eigenvalue weighted by Gasteiger charge is -2.11. The van der Waals surface area contributed by atoms with Crippen LogP contribution in [0, 0.1) is 19.7 Å². The van der Waals surface area contributed by atoms with Crippen molar-refractivity contribution >= 4 is 28.5 Å². The van der Waals surface area contributed by atoms with Crippen LogP contribution >= 0.6 is 11.6 Å². The summed E-state index contributed by atoms with van der Waals surface area (Å²) in [5.41, 5.74) is 2.96. The summed E-state index contributed by atoms with van der Waals surface area (Å²) in [6.45, 7) is 4.18. The molecule has 0 aliphatic carbocycles. The molecule has 1 N–H and O–H groups in total. The zero-order chi connectivity index (χ0) is 16.7. The van der Waals surface area contributed by atoms with Crippen molar-refractivity contribution in [1.82, 2.24) is 4.57 Å². The molecule has 5 heteroatoms. The third-order valence-corrected chi connectivity index (χ3v) is 4.56. The molecule has 0 saturated carbocycles. The summed E-state index contributed by atoms with van der Waals surface area (Å²) in [7, 11) is 0. The fourth-order valence-corrected chi connectivity index (χ4v) is 3.23. The van der Waals surface area contributed by atoms with E-state index in [1.165, 1.54) is 6.07 Å². The standard InChI is InChI=1S/C18H15ClFNO2/c1-10-11(2)21(15-8-4-7-14(19)16(10)15)9-12-5-3-6-13(17(12)20)18(22)23/h3-8H,9H2,1-2H3,(H,22,23). The van der Waals surface area contributed by atoms with Gasteiger partial charge in [-0.3, -0.25) is 0 Å². The second-order valence-corrected chi connectivity index (χ2v) is 5.92. The van der Waals surface area contributed by atoms with Gasteiger partial charge in [0.1, 0.15) is 5.82 Å². The number of fused-ring (bicyclic) bond motifs is 1. The molecule has 0 amide bonds. The van der Waals surface area contributed by atoms with Crippen LogP contribution in [0.25, 0.3) is 10.9 Å². The Kier molecular flexibility index (Phi) is 3.86. The number of hydrogen-bond donors (Lipinski definition) is 1. The Morgan fingerprint density at radius 2 is 1.91 bits per heavy atom. The van der Waals surface area contributed by atoms with Crippen LogP contribution in [0.3, 0.4) is 0 Å². The summed E-state index contributed by atoms with van der Waals surface area (Å²) >= 11 is 6.28. The molecular formula is C18H15ClFNO2. The minimum atomic E-state index is -1.27. The van der Waals surface area contributed by atoms with E-state index in [-0.39, 0.29) is 12.1 Å². The summed E-state index contributed by atoms with van der Waals surface area (Å²) in [5, 5.41) is 10.7. The van der Waals surface area contributed by atoms with Crippen LogP contribution in [0.5, 0.6) is 0 Å². The largest absolute Gasteiger partial charge is 0.478 e. The Hall–Kier alpha value is -2.33. The van der Waals surface area contributed by atoms with Gasteiger partial charge in [0.05, 0.1) is 22.6 Å². The van der Waals surface area contributed by atoms with Crippen LogP contribution in [0.1, 0.15) is 27.2 Å². The Morgan fingerprint density at radius 1 is 1.22 bits per heavy atom. The molecule has 118 valence electrons. The summed E-state index contributed by atoms with van der Waals surface area (Å²) in [6.07, 6.45) is 0. The maximum absolute atomic E-state index is 14.4. The molecule has 0 atom stereocenters. The number of aryl methyl sites for hydroxylation is 1. The number of carboxylic acid groups (broad SMARTS) is 1. The van der Waals surface area contributed by atoms with Crippen molar-refractivity contribution in [3.63, 3.8) is 0 Å². The highest BCUT2D eigenvalue weighted by atomic mass is 35.5. The van der Waals surface area contributed by atoms with Gasteiger partial charge in [0.15, 0.2) is 0 Å². The second-order valence-electron chi connectivity index (χ2n) is 5.51. The summed E-state index contributed by atoms with van der Waals surface area (Å²) in [5.74, 6) is -1.96. The van der Waals surface area contributed by atoms with Crippen LogP contribution in [0.4, 0.5) is 4.39 Å². The van der Waals surface area contributed by atoms with E-state index in [4.69, 9.17) is 16.7 Å². The minimum absolute atomic E-state index is 0.253. The molecule has 1 heterocycles. The van der Waals surface area contributed by atoms with Crippen LogP contribution in [-0.4, -0.2) is 15.6 Å². The number of carboxylic acids is 1. The van der Waals surface area contributed by atoms with E-state index in [1.807, 2.05) is 36.6 Å². The summed E-state index contributed by atoms with van der Waals surface area (Å²) < 4.78 is 16.4. The van der Waals surface area contributed by atoms with Crippen molar-refractivity contribution in [2.45, 2.75) is 20.4 Å². The Morgan fingerprint density at radius 3 is 2.61 bits per heavy atom. The first-order valence-corrected chi connectivity index (χ1v) is 7.54. The third kappa shape index (κ3) is 2.49. The number of aromatic nitrogens is 1. The predicted octanol–water partition coefficient (Wildman–Crippen LogP) is 4.80. The fraction of sp³-hybridized carbons (Fsp3) is 0.167. The van der Waals surface area contributed by atoms with Crippen molar-refractivity contribution in [2.75, 3.05) is 0 Å². The Bertz CT molecular complexity index is 930. The molecule has 0 unspecified atom stereocenters. The van der Waals surface area contributed by atoms with Crippen LogP contribution in [0.15, 0.2) is 36.4 Å². The summed E-state index contributed by atoms with van der Waals surface area (Å²) in [6, 6.07) is 10.0. The fourth-order valence-electron chi connectivity index (χ4n) is 2.91. The van der Waals surface area contributed by atoms with Gasteiger partial charge in [0.25, 0.3) is 0 Å². The topological polar surface area (TPSA) is 42.2 Å². The molecule has 23 heavy (non-hydrogen) atoms. The number of carbonyl (C=O) groups is 1. The van der Waals surface area contributed by atoms with Crippen molar-refractivity contribution in [1.29, 1.82) is 0 Å². The van der Waals surface area contributed by atoms with Crippen LogP contribution < -0.4 is 0 Å². The van der Waals surface area contributed by atoms with Gasteiger partial charge in [0, 0.05) is 16.6 Å². The average molecular weight is 332 g/mol. The molecule has 0 fully saturated rings. The SMILES string of the molecule is Cc1c(C)n(Cc2cccc(C(=O)O)c2F)c2cccc(Cl)c12. The van der Waals surface area contributed by atoms with Crippen molar-refractivity contribution in [3.05, 3.63) is 69.6 Å². The monoisotopic (exact) mass is 331 g/mol. The molecule has 0 saturated heterocycles. The number of rotatable bonds is 3. The van der Waals surface area contributed by atoms with E-state index in [1.54, 1.807) is 12.1 Å². The van der Waals surface area contributed by atoms with Crippen molar-refractivity contribution in [2.24, 2.45) is 0 Å². The van der Waals surface area contributed by atoms with E-state index >= 15 is 0 Å². The third-order valence-electron chi connectivity index (χ3n) is 4.24. The van der Waals surface area contributed by atoms with Gasteiger partial charge in [-0.1, -0.05) is 29.8 Å². The first-order valence-electron chi connectivity index (χ1n) is 7.16. The van der Waals surface area contributed by atoms with Gasteiger partial charge in [-0.2, -0.15) is 0 Å². The molecule has 1 aromatic heterocycles. The van der Waals surface area contributed by atoms with E-state index in [0.717, 1.165) is 22.2 Å². The van der Waals surface area contributed by atoms with Gasteiger partial charge >= 0.3 is 5.97 Å². The molecule has 3 rings (SSSR count). The van der Waals surface area contributed by atoms with Crippen LogP contribution in [-0.2, 0) is 6.54 Å². The normalized spacial score (nSPS) is 11.1.